The van der Waals surface area contributed by atoms with E-state index in [4.69, 9.17) is 16.7 Å². The molecule has 2 aromatic carbocycles. The first kappa shape index (κ1) is 20.2. The van der Waals surface area contributed by atoms with Crippen LogP contribution in [0.5, 0.6) is 0 Å². The van der Waals surface area contributed by atoms with Gasteiger partial charge in [0.05, 0.1) is 0 Å². The lowest BCUT2D eigenvalue weighted by atomic mass is 9.93. The first-order valence-corrected chi connectivity index (χ1v) is 9.47. The van der Waals surface area contributed by atoms with Gasteiger partial charge in [0.1, 0.15) is 0 Å². The number of carboxylic acids is 1. The smallest absolute Gasteiger partial charge is 0.303 e. The Bertz CT molecular complexity index is 750. The molecule has 0 saturated heterocycles. The molecule has 0 atom stereocenters. The number of rotatable bonds is 10. The van der Waals surface area contributed by atoms with Gasteiger partial charge in [-0.2, -0.15) is 0 Å². The number of aryl methyl sites for hydroxylation is 1. The molecule has 0 saturated carbocycles. The summed E-state index contributed by atoms with van der Waals surface area (Å²) in [6.07, 6.45) is 6.08. The van der Waals surface area contributed by atoms with Crippen molar-refractivity contribution in [2.24, 2.45) is 0 Å². The van der Waals surface area contributed by atoms with Crippen molar-refractivity contribution in [3.8, 4) is 0 Å². The number of unbranched alkanes of at least 4 members (excludes halogenated alkanes) is 4. The Morgan fingerprint density at radius 3 is 2.27 bits per heavy atom. The predicted octanol–water partition coefficient (Wildman–Crippen LogP) is 5.85. The molecule has 0 aliphatic carbocycles. The SMILES string of the molecule is Cc1c(CCCCCCCC(=O)O)cccc1C(=O)c1ccc(Cl)cc1. The standard InChI is InChI=1S/C22H25ClO3/c1-16-17(8-5-3-2-4-6-11-21(24)25)9-7-10-20(16)22(26)18-12-14-19(23)15-13-18/h7,9-10,12-15H,2-6,8,11H2,1H3,(H,24,25). The van der Waals surface area contributed by atoms with E-state index in [0.29, 0.717) is 10.6 Å². The van der Waals surface area contributed by atoms with Crippen molar-refractivity contribution in [3.05, 3.63) is 69.7 Å². The van der Waals surface area contributed by atoms with Crippen LogP contribution < -0.4 is 0 Å². The number of ketones is 1. The molecular weight excluding hydrogens is 348 g/mol. The van der Waals surface area contributed by atoms with Gasteiger partial charge in [-0.3, -0.25) is 9.59 Å². The minimum Gasteiger partial charge on any atom is -0.481 e. The Kier molecular flexibility index (Phi) is 7.86. The van der Waals surface area contributed by atoms with Gasteiger partial charge in [0.15, 0.2) is 5.78 Å². The van der Waals surface area contributed by atoms with E-state index >= 15 is 0 Å². The van der Waals surface area contributed by atoms with E-state index in [1.54, 1.807) is 24.3 Å². The maximum Gasteiger partial charge on any atom is 0.303 e. The molecule has 0 bridgehead atoms. The number of aliphatic carboxylic acids is 1. The second-order valence-electron chi connectivity index (χ2n) is 6.59. The van der Waals surface area contributed by atoms with Gasteiger partial charge in [-0.15, -0.1) is 0 Å². The van der Waals surface area contributed by atoms with Crippen molar-refractivity contribution in [1.82, 2.24) is 0 Å². The van der Waals surface area contributed by atoms with Crippen molar-refractivity contribution in [2.45, 2.75) is 51.9 Å². The number of carboxylic acid groups (broad SMARTS) is 1. The quantitative estimate of drug-likeness (QED) is 0.420. The number of halogens is 1. The summed E-state index contributed by atoms with van der Waals surface area (Å²) in [4.78, 5) is 23.2. The van der Waals surface area contributed by atoms with E-state index in [-0.39, 0.29) is 12.2 Å². The summed E-state index contributed by atoms with van der Waals surface area (Å²) in [6, 6.07) is 12.9. The molecule has 0 aliphatic rings. The third-order valence-corrected chi connectivity index (χ3v) is 4.89. The fourth-order valence-corrected chi connectivity index (χ4v) is 3.21. The lowest BCUT2D eigenvalue weighted by Crippen LogP contribution is -2.05. The summed E-state index contributed by atoms with van der Waals surface area (Å²) in [5.41, 5.74) is 3.63. The fraction of sp³-hybridized carbons (Fsp3) is 0.364. The van der Waals surface area contributed by atoms with E-state index in [0.717, 1.165) is 49.7 Å². The van der Waals surface area contributed by atoms with Gasteiger partial charge in [0.25, 0.3) is 0 Å². The van der Waals surface area contributed by atoms with Gasteiger partial charge in [-0.05, 0) is 61.6 Å². The van der Waals surface area contributed by atoms with E-state index in [1.807, 2.05) is 19.1 Å². The number of hydrogen-bond acceptors (Lipinski definition) is 2. The lowest BCUT2D eigenvalue weighted by molar-refractivity contribution is -0.137. The average molecular weight is 373 g/mol. The Morgan fingerprint density at radius 1 is 0.923 bits per heavy atom. The Labute approximate surface area is 160 Å². The lowest BCUT2D eigenvalue weighted by Gasteiger charge is -2.11. The molecular formula is C22H25ClO3. The summed E-state index contributed by atoms with van der Waals surface area (Å²) in [5.74, 6) is -0.697. The highest BCUT2D eigenvalue weighted by Gasteiger charge is 2.13. The van der Waals surface area contributed by atoms with Gasteiger partial charge < -0.3 is 5.11 Å². The minimum absolute atomic E-state index is 0.0229. The first-order valence-electron chi connectivity index (χ1n) is 9.09. The topological polar surface area (TPSA) is 54.4 Å². The van der Waals surface area contributed by atoms with Crippen molar-refractivity contribution < 1.29 is 14.7 Å². The van der Waals surface area contributed by atoms with Gasteiger partial charge in [-0.25, -0.2) is 0 Å². The maximum atomic E-state index is 12.7. The minimum atomic E-state index is -0.720. The van der Waals surface area contributed by atoms with E-state index < -0.39 is 5.97 Å². The Morgan fingerprint density at radius 2 is 1.58 bits per heavy atom. The molecule has 0 spiro atoms. The van der Waals surface area contributed by atoms with Crippen LogP contribution in [0.4, 0.5) is 0 Å². The predicted molar refractivity (Wildman–Crippen MR) is 105 cm³/mol. The fourth-order valence-electron chi connectivity index (χ4n) is 3.08. The summed E-state index contributed by atoms with van der Waals surface area (Å²) in [7, 11) is 0. The van der Waals surface area contributed by atoms with Gasteiger partial charge in [0, 0.05) is 22.6 Å². The first-order chi connectivity index (χ1) is 12.5. The summed E-state index contributed by atoms with van der Waals surface area (Å²) in [5, 5.41) is 9.25. The molecule has 26 heavy (non-hydrogen) atoms. The molecule has 2 aromatic rings. The van der Waals surface area contributed by atoms with Gasteiger partial charge >= 0.3 is 5.97 Å². The van der Waals surface area contributed by atoms with Crippen LogP contribution in [0.3, 0.4) is 0 Å². The van der Waals surface area contributed by atoms with E-state index in [2.05, 4.69) is 6.07 Å². The third kappa shape index (κ3) is 5.99. The van der Waals surface area contributed by atoms with Crippen LogP contribution in [0, 0.1) is 6.92 Å². The van der Waals surface area contributed by atoms with Crippen LogP contribution in [0.1, 0.15) is 65.6 Å². The number of hydrogen-bond donors (Lipinski definition) is 1. The van der Waals surface area contributed by atoms with Crippen LogP contribution in [0.15, 0.2) is 42.5 Å². The van der Waals surface area contributed by atoms with Crippen molar-refractivity contribution in [1.29, 1.82) is 0 Å². The Balaban J connectivity index is 1.91. The number of benzene rings is 2. The summed E-state index contributed by atoms with van der Waals surface area (Å²) >= 11 is 5.90. The summed E-state index contributed by atoms with van der Waals surface area (Å²) in [6.45, 7) is 2.01. The highest BCUT2D eigenvalue weighted by Crippen LogP contribution is 2.21. The molecule has 0 unspecified atom stereocenters. The zero-order chi connectivity index (χ0) is 18.9. The maximum absolute atomic E-state index is 12.7. The highest BCUT2D eigenvalue weighted by molar-refractivity contribution is 6.30. The second-order valence-corrected chi connectivity index (χ2v) is 7.02. The zero-order valence-corrected chi connectivity index (χ0v) is 15.9. The zero-order valence-electron chi connectivity index (χ0n) is 15.1. The van der Waals surface area contributed by atoms with E-state index in [1.165, 1.54) is 5.56 Å². The molecule has 2 rings (SSSR count). The van der Waals surface area contributed by atoms with Crippen LogP contribution in [0.25, 0.3) is 0 Å². The normalized spacial score (nSPS) is 10.7. The van der Waals surface area contributed by atoms with Crippen LogP contribution in [0.2, 0.25) is 5.02 Å². The summed E-state index contributed by atoms with van der Waals surface area (Å²) < 4.78 is 0. The third-order valence-electron chi connectivity index (χ3n) is 4.63. The molecule has 4 heteroatoms. The molecule has 138 valence electrons. The van der Waals surface area contributed by atoms with E-state index in [9.17, 15) is 9.59 Å². The van der Waals surface area contributed by atoms with Crippen LogP contribution in [-0.4, -0.2) is 16.9 Å². The van der Waals surface area contributed by atoms with Crippen molar-refractivity contribution in [3.63, 3.8) is 0 Å². The largest absolute Gasteiger partial charge is 0.481 e. The van der Waals surface area contributed by atoms with Gasteiger partial charge in [0.2, 0.25) is 0 Å². The number of carbonyl (C=O) groups excluding carboxylic acids is 1. The molecule has 0 aliphatic heterocycles. The monoisotopic (exact) mass is 372 g/mol. The number of carbonyl (C=O) groups is 2. The molecule has 0 heterocycles. The molecule has 0 amide bonds. The highest BCUT2D eigenvalue weighted by atomic mass is 35.5. The average Bonchev–Trinajstić information content (AvgIpc) is 2.62. The van der Waals surface area contributed by atoms with Crippen molar-refractivity contribution >= 4 is 23.4 Å². The molecule has 3 nitrogen and oxygen atoms in total. The molecule has 0 aromatic heterocycles. The van der Waals surface area contributed by atoms with Gasteiger partial charge in [-0.1, -0.05) is 49.1 Å². The molecule has 0 radical (unpaired) electrons. The molecule has 1 N–H and O–H groups in total. The molecule has 0 fully saturated rings. The van der Waals surface area contributed by atoms with Crippen molar-refractivity contribution in [2.75, 3.05) is 0 Å². The second kappa shape index (κ2) is 10.1. The Hall–Kier alpha value is -2.13. The van der Waals surface area contributed by atoms with Crippen LogP contribution in [-0.2, 0) is 11.2 Å². The van der Waals surface area contributed by atoms with Crippen LogP contribution >= 0.6 is 11.6 Å².